The number of aromatic nitrogens is 1. The Morgan fingerprint density at radius 2 is 2.07 bits per heavy atom. The van der Waals surface area contributed by atoms with Gasteiger partial charge in [0.15, 0.2) is 0 Å². The molecule has 1 aromatic rings. The van der Waals surface area contributed by atoms with E-state index in [1.807, 2.05) is 6.07 Å². The van der Waals surface area contributed by atoms with Crippen molar-refractivity contribution in [2.75, 3.05) is 0 Å². The molecule has 80 valence electrons. The van der Waals surface area contributed by atoms with Gasteiger partial charge < -0.3 is 0 Å². The number of rotatable bonds is 3. The second kappa shape index (κ2) is 4.78. The molecule has 0 saturated heterocycles. The minimum atomic E-state index is -4.34. The minimum absolute atomic E-state index is 0.392. The van der Waals surface area contributed by atoms with Crippen LogP contribution in [0.1, 0.15) is 24.1 Å². The zero-order chi connectivity index (χ0) is 11.3. The quantitative estimate of drug-likeness (QED) is 0.725. The van der Waals surface area contributed by atoms with E-state index >= 15 is 0 Å². The lowest BCUT2D eigenvalue weighted by Crippen LogP contribution is -2.05. The van der Waals surface area contributed by atoms with Crippen molar-refractivity contribution in [3.05, 3.63) is 29.6 Å². The first-order valence-electron chi connectivity index (χ1n) is 4.43. The third kappa shape index (κ3) is 3.58. The lowest BCUT2D eigenvalue weighted by Gasteiger charge is -2.06. The van der Waals surface area contributed by atoms with E-state index in [1.165, 1.54) is 6.07 Å². The van der Waals surface area contributed by atoms with Gasteiger partial charge in [-0.05, 0) is 25.0 Å². The summed E-state index contributed by atoms with van der Waals surface area (Å²) in [7, 11) is 0. The molecule has 0 atom stereocenters. The molecule has 1 heterocycles. The first-order valence-corrected chi connectivity index (χ1v) is 4.43. The van der Waals surface area contributed by atoms with Crippen LogP contribution in [0.3, 0.4) is 0 Å². The van der Waals surface area contributed by atoms with Gasteiger partial charge >= 0.3 is 6.18 Å². The molecular weight excluding hydrogens is 205 g/mol. The highest BCUT2D eigenvalue weighted by Crippen LogP contribution is 2.28. The predicted octanol–water partition coefficient (Wildman–Crippen LogP) is 2.95. The Kier molecular flexibility index (Phi) is 3.67. The highest BCUT2D eigenvalue weighted by molar-refractivity contribution is 5.16. The molecule has 0 aliphatic rings. The van der Waals surface area contributed by atoms with E-state index in [4.69, 9.17) is 5.26 Å². The van der Waals surface area contributed by atoms with Crippen LogP contribution in [-0.2, 0) is 12.6 Å². The summed E-state index contributed by atoms with van der Waals surface area (Å²) in [5.74, 6) is 0. The van der Waals surface area contributed by atoms with E-state index in [9.17, 15) is 13.2 Å². The molecule has 0 unspecified atom stereocenters. The smallest absolute Gasteiger partial charge is 0.261 e. The Morgan fingerprint density at radius 3 is 2.53 bits per heavy atom. The highest BCUT2D eigenvalue weighted by atomic mass is 19.4. The average molecular weight is 214 g/mol. The number of nitriles is 1. The zero-order valence-corrected chi connectivity index (χ0v) is 7.88. The van der Waals surface area contributed by atoms with Crippen LogP contribution >= 0.6 is 0 Å². The Labute approximate surface area is 85.4 Å². The van der Waals surface area contributed by atoms with Crippen LogP contribution in [-0.4, -0.2) is 4.98 Å². The number of nitrogens with zero attached hydrogens (tertiary/aromatic N) is 2. The second-order valence-electron chi connectivity index (χ2n) is 3.05. The van der Waals surface area contributed by atoms with Gasteiger partial charge in [-0.15, -0.1) is 0 Å². The average Bonchev–Trinajstić information content (AvgIpc) is 2.18. The van der Waals surface area contributed by atoms with Crippen molar-refractivity contribution in [3.8, 4) is 6.07 Å². The van der Waals surface area contributed by atoms with E-state index in [-0.39, 0.29) is 0 Å². The fourth-order valence-electron chi connectivity index (χ4n) is 1.09. The van der Waals surface area contributed by atoms with Gasteiger partial charge in [-0.1, -0.05) is 0 Å². The fourth-order valence-corrected chi connectivity index (χ4v) is 1.09. The Morgan fingerprint density at radius 1 is 1.33 bits per heavy atom. The van der Waals surface area contributed by atoms with E-state index in [0.717, 1.165) is 12.3 Å². The molecule has 1 aromatic heterocycles. The molecule has 0 aliphatic heterocycles. The van der Waals surface area contributed by atoms with Gasteiger partial charge in [0.1, 0.15) is 0 Å². The van der Waals surface area contributed by atoms with Gasteiger partial charge in [0.2, 0.25) is 0 Å². The topological polar surface area (TPSA) is 36.7 Å². The second-order valence-corrected chi connectivity index (χ2v) is 3.05. The molecule has 0 aliphatic carbocycles. The predicted molar refractivity (Wildman–Crippen MR) is 47.8 cm³/mol. The van der Waals surface area contributed by atoms with Crippen LogP contribution in [0.2, 0.25) is 0 Å². The Balaban J connectivity index is 2.61. The van der Waals surface area contributed by atoms with E-state index in [0.29, 0.717) is 25.0 Å². The largest absolute Gasteiger partial charge is 0.417 e. The molecule has 0 spiro atoms. The first kappa shape index (κ1) is 11.5. The summed E-state index contributed by atoms with van der Waals surface area (Å²) >= 11 is 0. The summed E-state index contributed by atoms with van der Waals surface area (Å²) in [5, 5.41) is 8.28. The first-order chi connectivity index (χ1) is 7.04. The van der Waals surface area contributed by atoms with Crippen molar-refractivity contribution in [3.63, 3.8) is 0 Å². The Bertz CT molecular complexity index is 348. The van der Waals surface area contributed by atoms with Crippen LogP contribution < -0.4 is 0 Å². The number of unbranched alkanes of at least 4 members (excludes halogenated alkanes) is 1. The van der Waals surface area contributed by atoms with Gasteiger partial charge in [-0.2, -0.15) is 18.4 Å². The number of hydrogen-bond acceptors (Lipinski definition) is 2. The summed E-state index contributed by atoms with van der Waals surface area (Å²) in [6, 6.07) is 4.32. The van der Waals surface area contributed by atoms with Crippen molar-refractivity contribution >= 4 is 0 Å². The molecular formula is C10H9F3N2. The van der Waals surface area contributed by atoms with Gasteiger partial charge in [-0.25, -0.2) is 0 Å². The standard InChI is InChI=1S/C10H9F3N2/c11-10(12,13)8-4-5-9(15-7-8)3-1-2-6-14/h4-5,7H,1-3H2. The lowest BCUT2D eigenvalue weighted by molar-refractivity contribution is -0.137. The maximum atomic E-state index is 12.1. The minimum Gasteiger partial charge on any atom is -0.261 e. The SMILES string of the molecule is N#CCCCc1ccc(C(F)(F)F)cn1. The number of alkyl halides is 3. The van der Waals surface area contributed by atoms with E-state index in [2.05, 4.69) is 4.98 Å². The van der Waals surface area contributed by atoms with Crippen molar-refractivity contribution in [2.45, 2.75) is 25.4 Å². The number of aryl methyl sites for hydroxylation is 1. The van der Waals surface area contributed by atoms with Crippen molar-refractivity contribution in [2.24, 2.45) is 0 Å². The summed E-state index contributed by atoms with van der Waals surface area (Å²) in [5.41, 5.74) is -0.162. The lowest BCUT2D eigenvalue weighted by atomic mass is 10.1. The summed E-state index contributed by atoms with van der Waals surface area (Å²) < 4.78 is 36.4. The maximum absolute atomic E-state index is 12.1. The third-order valence-corrected chi connectivity index (χ3v) is 1.87. The maximum Gasteiger partial charge on any atom is 0.417 e. The van der Waals surface area contributed by atoms with Gasteiger partial charge in [0, 0.05) is 18.3 Å². The van der Waals surface area contributed by atoms with Crippen molar-refractivity contribution in [1.29, 1.82) is 5.26 Å². The monoisotopic (exact) mass is 214 g/mol. The van der Waals surface area contributed by atoms with Crippen LogP contribution in [0.4, 0.5) is 13.2 Å². The van der Waals surface area contributed by atoms with Crippen LogP contribution in [0.25, 0.3) is 0 Å². The number of halogens is 3. The summed E-state index contributed by atoms with van der Waals surface area (Å²) in [4.78, 5) is 3.69. The summed E-state index contributed by atoms with van der Waals surface area (Å²) in [6.45, 7) is 0. The molecule has 0 bridgehead atoms. The van der Waals surface area contributed by atoms with Crippen molar-refractivity contribution in [1.82, 2.24) is 4.98 Å². The van der Waals surface area contributed by atoms with E-state index < -0.39 is 11.7 Å². The number of hydrogen-bond donors (Lipinski definition) is 0. The van der Waals surface area contributed by atoms with Gasteiger partial charge in [0.05, 0.1) is 11.6 Å². The fraction of sp³-hybridized carbons (Fsp3) is 0.400. The van der Waals surface area contributed by atoms with Gasteiger partial charge in [0.25, 0.3) is 0 Å². The van der Waals surface area contributed by atoms with E-state index in [1.54, 1.807) is 0 Å². The molecule has 1 rings (SSSR count). The molecule has 0 aromatic carbocycles. The molecule has 5 heteroatoms. The van der Waals surface area contributed by atoms with Crippen LogP contribution in [0.15, 0.2) is 18.3 Å². The number of pyridine rings is 1. The summed E-state index contributed by atoms with van der Waals surface area (Å²) in [6.07, 6.45) is -1.97. The molecule has 0 radical (unpaired) electrons. The molecule has 0 saturated carbocycles. The third-order valence-electron chi connectivity index (χ3n) is 1.87. The highest BCUT2D eigenvalue weighted by Gasteiger charge is 2.30. The molecule has 0 amide bonds. The molecule has 0 fully saturated rings. The zero-order valence-electron chi connectivity index (χ0n) is 7.88. The van der Waals surface area contributed by atoms with Crippen LogP contribution in [0, 0.1) is 11.3 Å². The normalized spacial score (nSPS) is 11.1. The Hall–Kier alpha value is -1.57. The molecule has 15 heavy (non-hydrogen) atoms. The van der Waals surface area contributed by atoms with Gasteiger partial charge in [-0.3, -0.25) is 4.98 Å². The van der Waals surface area contributed by atoms with Crippen molar-refractivity contribution < 1.29 is 13.2 Å². The van der Waals surface area contributed by atoms with Crippen LogP contribution in [0.5, 0.6) is 0 Å². The molecule has 0 N–H and O–H groups in total. The molecule has 2 nitrogen and oxygen atoms in total.